The smallest absolute Gasteiger partial charge is 0.310 e. The molecule has 30 heavy (non-hydrogen) atoms. The molecule has 0 aliphatic heterocycles. The Hall–Kier alpha value is -3.22. The maximum Gasteiger partial charge on any atom is 0.310 e. The van der Waals surface area contributed by atoms with Crippen LogP contribution in [0.5, 0.6) is 5.75 Å². The summed E-state index contributed by atoms with van der Waals surface area (Å²) in [5.74, 6) is 0.264. The van der Waals surface area contributed by atoms with E-state index in [1.54, 1.807) is 18.2 Å². The summed E-state index contributed by atoms with van der Waals surface area (Å²) in [6.45, 7) is 1.62. The molecule has 3 aromatic rings. The van der Waals surface area contributed by atoms with Crippen LogP contribution < -0.4 is 4.74 Å². The van der Waals surface area contributed by atoms with E-state index in [0.29, 0.717) is 26.1 Å². The Morgan fingerprint density at radius 1 is 0.867 bits per heavy atom. The second-order valence-electron chi connectivity index (χ2n) is 6.91. The molecule has 0 aliphatic rings. The minimum Gasteiger partial charge on any atom is -0.485 e. The van der Waals surface area contributed by atoms with E-state index in [9.17, 15) is 15.2 Å². The highest BCUT2D eigenvalue weighted by atomic mass is 16.6. The van der Waals surface area contributed by atoms with E-state index >= 15 is 0 Å². The third-order valence-electron chi connectivity index (χ3n) is 4.90. The second kappa shape index (κ2) is 11.1. The largest absolute Gasteiger partial charge is 0.485 e. The number of hydrogen-bond donors (Lipinski definition) is 1. The Balaban J connectivity index is 1.81. The molecular weight excluding hydrogens is 380 g/mol. The van der Waals surface area contributed by atoms with Crippen LogP contribution in [0.4, 0.5) is 5.69 Å². The van der Waals surface area contributed by atoms with Gasteiger partial charge in [-0.15, -0.1) is 0 Å². The SMILES string of the molecule is O=[N+]([O-])c1ccccc1OCCN(CCCO)C(c1ccccc1)c1ccccc1. The lowest BCUT2D eigenvalue weighted by atomic mass is 9.97. The highest BCUT2D eigenvalue weighted by molar-refractivity contribution is 5.45. The predicted molar refractivity (Wildman–Crippen MR) is 117 cm³/mol. The molecule has 0 radical (unpaired) electrons. The van der Waals surface area contributed by atoms with E-state index < -0.39 is 4.92 Å². The minimum absolute atomic E-state index is 0.00620. The first-order valence-electron chi connectivity index (χ1n) is 10.0. The van der Waals surface area contributed by atoms with Crippen molar-refractivity contribution < 1.29 is 14.8 Å². The molecule has 0 atom stereocenters. The molecule has 3 rings (SSSR count). The zero-order chi connectivity index (χ0) is 21.2. The quantitative estimate of drug-likeness (QED) is 0.376. The van der Waals surface area contributed by atoms with E-state index in [1.165, 1.54) is 6.07 Å². The standard InChI is InChI=1S/C24H26N2O4/c27-18-9-16-25(17-19-30-23-15-8-7-14-22(23)26(28)29)24(20-10-3-1-4-11-20)21-12-5-2-6-13-21/h1-8,10-15,24,27H,9,16-19H2. The summed E-state index contributed by atoms with van der Waals surface area (Å²) in [7, 11) is 0. The van der Waals surface area contributed by atoms with Crippen molar-refractivity contribution in [2.45, 2.75) is 12.5 Å². The molecule has 1 N–H and O–H groups in total. The monoisotopic (exact) mass is 406 g/mol. The molecule has 0 aromatic heterocycles. The van der Waals surface area contributed by atoms with E-state index in [4.69, 9.17) is 4.74 Å². The maximum atomic E-state index is 11.2. The Morgan fingerprint density at radius 2 is 1.43 bits per heavy atom. The van der Waals surface area contributed by atoms with Crippen molar-refractivity contribution in [2.24, 2.45) is 0 Å². The first-order valence-corrected chi connectivity index (χ1v) is 10.0. The molecule has 0 fully saturated rings. The van der Waals surface area contributed by atoms with Crippen LogP contribution in [0, 0.1) is 10.1 Å². The third-order valence-corrected chi connectivity index (χ3v) is 4.90. The van der Waals surface area contributed by atoms with Crippen LogP contribution >= 0.6 is 0 Å². The van der Waals surface area contributed by atoms with Crippen LogP contribution in [0.2, 0.25) is 0 Å². The fourth-order valence-electron chi connectivity index (χ4n) is 3.53. The first kappa shape index (κ1) is 21.5. The number of aliphatic hydroxyl groups is 1. The topological polar surface area (TPSA) is 75.8 Å². The number of benzene rings is 3. The molecular formula is C24H26N2O4. The van der Waals surface area contributed by atoms with E-state index in [1.807, 2.05) is 36.4 Å². The summed E-state index contributed by atoms with van der Waals surface area (Å²) in [6, 6.07) is 26.8. The summed E-state index contributed by atoms with van der Waals surface area (Å²) in [5.41, 5.74) is 2.25. The van der Waals surface area contributed by atoms with Gasteiger partial charge in [0.05, 0.1) is 11.0 Å². The molecule has 0 saturated carbocycles. The molecule has 0 bridgehead atoms. The zero-order valence-electron chi connectivity index (χ0n) is 16.8. The number of nitro benzene ring substituents is 1. The molecule has 0 spiro atoms. The maximum absolute atomic E-state index is 11.2. The van der Waals surface area contributed by atoms with Crippen molar-refractivity contribution in [1.82, 2.24) is 4.90 Å². The molecule has 3 aromatic carbocycles. The fourth-order valence-corrected chi connectivity index (χ4v) is 3.53. The van der Waals surface area contributed by atoms with Crippen LogP contribution in [0.1, 0.15) is 23.6 Å². The Kier molecular flexibility index (Phi) is 7.94. The van der Waals surface area contributed by atoms with E-state index in [2.05, 4.69) is 29.2 Å². The lowest BCUT2D eigenvalue weighted by Gasteiger charge is -2.32. The van der Waals surface area contributed by atoms with Crippen molar-refractivity contribution in [1.29, 1.82) is 0 Å². The van der Waals surface area contributed by atoms with Crippen molar-refractivity contribution in [2.75, 3.05) is 26.3 Å². The minimum atomic E-state index is -0.435. The van der Waals surface area contributed by atoms with Gasteiger partial charge in [0.1, 0.15) is 6.61 Å². The summed E-state index contributed by atoms with van der Waals surface area (Å²) in [6.07, 6.45) is 0.627. The number of aliphatic hydroxyl groups excluding tert-OH is 1. The normalized spacial score (nSPS) is 11.0. The lowest BCUT2D eigenvalue weighted by molar-refractivity contribution is -0.385. The average molecular weight is 406 g/mol. The van der Waals surface area contributed by atoms with Crippen molar-refractivity contribution in [3.8, 4) is 5.75 Å². The number of ether oxygens (including phenoxy) is 1. The highest BCUT2D eigenvalue weighted by Crippen LogP contribution is 2.29. The van der Waals surface area contributed by atoms with Gasteiger partial charge in [0, 0.05) is 25.8 Å². The summed E-state index contributed by atoms with van der Waals surface area (Å²) < 4.78 is 5.78. The molecule has 156 valence electrons. The van der Waals surface area contributed by atoms with Crippen LogP contribution in [0.15, 0.2) is 84.9 Å². The third kappa shape index (κ3) is 5.65. The number of nitro groups is 1. The van der Waals surface area contributed by atoms with Gasteiger partial charge in [0.25, 0.3) is 0 Å². The van der Waals surface area contributed by atoms with Crippen LogP contribution in [0.3, 0.4) is 0 Å². The van der Waals surface area contributed by atoms with Gasteiger partial charge in [0.2, 0.25) is 0 Å². The van der Waals surface area contributed by atoms with Crippen LogP contribution in [-0.2, 0) is 0 Å². The predicted octanol–water partition coefficient (Wildman–Crippen LogP) is 4.45. The number of para-hydroxylation sites is 2. The molecule has 6 heteroatoms. The van der Waals surface area contributed by atoms with Crippen LogP contribution in [-0.4, -0.2) is 41.2 Å². The average Bonchev–Trinajstić information content (AvgIpc) is 2.79. The van der Waals surface area contributed by atoms with Crippen LogP contribution in [0.25, 0.3) is 0 Å². The number of rotatable bonds is 11. The van der Waals surface area contributed by atoms with Gasteiger partial charge in [-0.2, -0.15) is 0 Å². The van der Waals surface area contributed by atoms with Gasteiger partial charge < -0.3 is 9.84 Å². The van der Waals surface area contributed by atoms with E-state index in [-0.39, 0.29) is 24.1 Å². The molecule has 0 amide bonds. The van der Waals surface area contributed by atoms with Crippen molar-refractivity contribution in [3.63, 3.8) is 0 Å². The molecule has 0 heterocycles. The molecule has 6 nitrogen and oxygen atoms in total. The van der Waals surface area contributed by atoms with Gasteiger partial charge in [0.15, 0.2) is 5.75 Å². The molecule has 0 unspecified atom stereocenters. The van der Waals surface area contributed by atoms with Crippen molar-refractivity contribution in [3.05, 3.63) is 106 Å². The fraction of sp³-hybridized carbons (Fsp3) is 0.250. The summed E-state index contributed by atoms with van der Waals surface area (Å²) in [4.78, 5) is 13.0. The van der Waals surface area contributed by atoms with Gasteiger partial charge in [-0.3, -0.25) is 15.0 Å². The van der Waals surface area contributed by atoms with Gasteiger partial charge in [-0.1, -0.05) is 72.8 Å². The Morgan fingerprint density at radius 3 is 2.00 bits per heavy atom. The van der Waals surface area contributed by atoms with Gasteiger partial charge in [-0.05, 0) is 23.6 Å². The highest BCUT2D eigenvalue weighted by Gasteiger charge is 2.22. The van der Waals surface area contributed by atoms with Crippen molar-refractivity contribution >= 4 is 5.69 Å². The first-order chi connectivity index (χ1) is 14.7. The zero-order valence-corrected chi connectivity index (χ0v) is 16.8. The van der Waals surface area contributed by atoms with Gasteiger partial charge >= 0.3 is 5.69 Å². The summed E-state index contributed by atoms with van der Waals surface area (Å²) >= 11 is 0. The van der Waals surface area contributed by atoms with Gasteiger partial charge in [-0.25, -0.2) is 0 Å². The summed E-state index contributed by atoms with van der Waals surface area (Å²) in [5, 5.41) is 20.6. The van der Waals surface area contributed by atoms with E-state index in [0.717, 1.165) is 11.1 Å². The number of nitrogens with zero attached hydrogens (tertiary/aromatic N) is 2. The molecule has 0 saturated heterocycles. The Bertz CT molecular complexity index is 879. The molecule has 0 aliphatic carbocycles. The Labute approximate surface area is 176 Å². The number of hydrogen-bond acceptors (Lipinski definition) is 5. The lowest BCUT2D eigenvalue weighted by Crippen LogP contribution is -2.34. The second-order valence-corrected chi connectivity index (χ2v) is 6.91.